The number of hydrogen-bond donors (Lipinski definition) is 0. The van der Waals surface area contributed by atoms with Crippen LogP contribution < -0.4 is 0 Å². The molecule has 0 bridgehead atoms. The predicted molar refractivity (Wildman–Crippen MR) is 462 cm³/mol. The van der Waals surface area contributed by atoms with Gasteiger partial charge in [0.2, 0.25) is 0 Å². The second-order valence-electron chi connectivity index (χ2n) is 26.3. The molecule has 16 rings (SSSR count). The average Bonchev–Trinajstić information content (AvgIpc) is 0.776. The number of aromatic nitrogens is 4. The molecule has 0 aliphatic heterocycles. The van der Waals surface area contributed by atoms with Gasteiger partial charge in [-0.05, 0) is 115 Å². The fourth-order valence-electron chi connectivity index (χ4n) is 13.5. The van der Waals surface area contributed by atoms with Gasteiger partial charge < -0.3 is 34.5 Å². The molecule has 0 radical (unpaired) electrons. The molecule has 0 atom stereocenters. The summed E-state index contributed by atoms with van der Waals surface area (Å²) in [6.07, 6.45) is 14.3. The van der Waals surface area contributed by atoms with Crippen molar-refractivity contribution < 1.29 is 54.9 Å². The molecule has 0 aliphatic carbocycles. The molecule has 0 aliphatic rings. The van der Waals surface area contributed by atoms with E-state index < -0.39 is 36.2 Å². The van der Waals surface area contributed by atoms with E-state index in [4.69, 9.17) is 0 Å². The van der Waals surface area contributed by atoms with Crippen molar-refractivity contribution in [3.63, 3.8) is 0 Å². The Bertz CT molecular complexity index is 4770. The Morgan fingerprint density at radius 2 is 0.277 bits per heavy atom. The molecule has 0 fully saturated rings. The van der Waals surface area contributed by atoms with Gasteiger partial charge in [-0.1, -0.05) is 411 Å². The molecule has 4 heterocycles. The van der Waals surface area contributed by atoms with Gasteiger partial charge in [-0.2, -0.15) is 0 Å². The molecule has 0 unspecified atom stereocenters. The van der Waals surface area contributed by atoms with Crippen LogP contribution >= 0.6 is 0 Å². The first-order chi connectivity index (χ1) is 57.6. The number of rotatable bonds is 12. The minimum atomic E-state index is -6.00. The van der Waals surface area contributed by atoms with Crippen LogP contribution in [0.3, 0.4) is 0 Å². The first-order valence-corrected chi connectivity index (χ1v) is 37.7. The number of benzene rings is 12. The Labute approximate surface area is 704 Å². The van der Waals surface area contributed by atoms with E-state index in [9.17, 15) is 34.5 Å². The Kier molecular flexibility index (Phi) is 32.2. The van der Waals surface area contributed by atoms with E-state index in [1.807, 2.05) is 121 Å². The first-order valence-electron chi connectivity index (χ1n) is 37.7. The van der Waals surface area contributed by atoms with E-state index in [0.29, 0.717) is 0 Å². The standard InChI is InChI=1S/4C26H19N.2BF4.Pd/c4*1-4-12-23(13-5-1)26(24-14-6-2-7-15-24,25-16-8-3-9-17-25)19-18-22-11-10-20-27-21-22;2*2-1(3,4)5;/h4*1-17,20-21H;;;/q;;;;2*-1;+2. The van der Waals surface area contributed by atoms with Crippen molar-refractivity contribution in [3.05, 3.63) is 551 Å². The first kappa shape index (κ1) is 87.1. The van der Waals surface area contributed by atoms with Gasteiger partial charge in [0.25, 0.3) is 0 Å². The van der Waals surface area contributed by atoms with Crippen molar-refractivity contribution >= 4 is 14.5 Å². The Hall–Kier alpha value is -14.3. The topological polar surface area (TPSA) is 51.6 Å². The fraction of sp³-hybridized carbons (Fsp3) is 0.0385. The van der Waals surface area contributed by atoms with Crippen molar-refractivity contribution in [2.45, 2.75) is 21.7 Å². The molecular formula is C104H76B2F8N4Pd. The van der Waals surface area contributed by atoms with E-state index in [1.165, 1.54) is 0 Å². The fourth-order valence-corrected chi connectivity index (χ4v) is 13.5. The van der Waals surface area contributed by atoms with Crippen LogP contribution in [0.15, 0.2) is 462 Å². The normalized spacial score (nSPS) is 10.7. The zero-order chi connectivity index (χ0) is 82.5. The molecule has 4 nitrogen and oxygen atoms in total. The summed E-state index contributed by atoms with van der Waals surface area (Å²) in [5.74, 6) is 27.9. The van der Waals surface area contributed by atoms with E-state index >= 15 is 0 Å². The summed E-state index contributed by atoms with van der Waals surface area (Å²) >= 11 is 0. The smallest absolute Gasteiger partial charge is 0.418 e. The van der Waals surface area contributed by atoms with Gasteiger partial charge in [-0.25, -0.2) is 0 Å². The van der Waals surface area contributed by atoms with E-state index in [1.54, 1.807) is 49.6 Å². The molecule has 584 valence electrons. The molecule has 15 heteroatoms. The van der Waals surface area contributed by atoms with Crippen LogP contribution in [-0.2, 0) is 42.1 Å². The zero-order valence-corrected chi connectivity index (χ0v) is 65.7. The molecule has 4 aromatic heterocycles. The summed E-state index contributed by atoms with van der Waals surface area (Å²) in [6.45, 7) is 0. The van der Waals surface area contributed by atoms with Crippen molar-refractivity contribution in [1.29, 1.82) is 0 Å². The number of halogens is 8. The average molecular weight is 1660 g/mol. The number of pyridine rings is 4. The van der Waals surface area contributed by atoms with Crippen molar-refractivity contribution in [2.75, 3.05) is 0 Å². The molecule has 0 saturated heterocycles. The van der Waals surface area contributed by atoms with E-state index in [-0.39, 0.29) is 20.4 Å². The second kappa shape index (κ2) is 44.0. The summed E-state index contributed by atoms with van der Waals surface area (Å²) < 4.78 is 78.0. The monoisotopic (exact) mass is 1660 g/mol. The van der Waals surface area contributed by atoms with Crippen LogP contribution in [-0.4, -0.2) is 34.4 Å². The van der Waals surface area contributed by atoms with Gasteiger partial charge in [-0.15, -0.1) is 0 Å². The quantitative estimate of drug-likeness (QED) is 0.0529. The summed E-state index contributed by atoms with van der Waals surface area (Å²) in [5.41, 5.74) is 15.2. The van der Waals surface area contributed by atoms with Crippen LogP contribution in [0.5, 0.6) is 0 Å². The minimum absolute atomic E-state index is 0. The minimum Gasteiger partial charge on any atom is -0.418 e. The Balaban J connectivity index is 0.000000160. The molecule has 12 aromatic carbocycles. The maximum Gasteiger partial charge on any atom is 2.00 e. The van der Waals surface area contributed by atoms with E-state index in [0.717, 1.165) is 89.0 Å². The third-order valence-electron chi connectivity index (χ3n) is 18.7. The molecule has 0 spiro atoms. The van der Waals surface area contributed by atoms with Crippen LogP contribution in [0.1, 0.15) is 89.0 Å². The van der Waals surface area contributed by atoms with Crippen molar-refractivity contribution in [1.82, 2.24) is 19.9 Å². The summed E-state index contributed by atoms with van der Waals surface area (Å²) in [6, 6.07) is 141. The van der Waals surface area contributed by atoms with Gasteiger partial charge in [0.05, 0.1) is 0 Å². The van der Waals surface area contributed by atoms with Gasteiger partial charge >= 0.3 is 34.9 Å². The van der Waals surface area contributed by atoms with E-state index in [2.05, 4.69) is 358 Å². The Morgan fingerprint density at radius 3 is 0.370 bits per heavy atom. The van der Waals surface area contributed by atoms with Crippen molar-refractivity contribution in [3.8, 4) is 47.4 Å². The van der Waals surface area contributed by atoms with Gasteiger partial charge in [0.15, 0.2) is 0 Å². The molecule has 0 saturated carbocycles. The summed E-state index contributed by atoms with van der Waals surface area (Å²) in [5, 5.41) is 0. The molecule has 0 amide bonds. The third kappa shape index (κ3) is 24.4. The predicted octanol–water partition coefficient (Wildman–Crippen LogP) is 24.5. The largest absolute Gasteiger partial charge is 2.00 e. The molecule has 16 aromatic rings. The maximum atomic E-state index is 9.75. The van der Waals surface area contributed by atoms with Gasteiger partial charge in [0.1, 0.15) is 21.7 Å². The Morgan fingerprint density at radius 1 is 0.168 bits per heavy atom. The maximum absolute atomic E-state index is 9.75. The SMILES string of the molecule is C(#CC(c1ccccc1)(c1ccccc1)c1ccccc1)c1cccnc1.C(#CC(c1ccccc1)(c1ccccc1)c1ccccc1)c1cccnc1.C(#CC(c1ccccc1)(c1ccccc1)c1ccccc1)c1cccnc1.C(#CC(c1ccccc1)(c1ccccc1)c1ccccc1)c1cccnc1.F[B-](F)(F)F.F[B-](F)(F)F.[Pd+2]. The van der Waals surface area contributed by atoms with Gasteiger partial charge in [-0.3, -0.25) is 19.9 Å². The molecular weight excluding hydrogens is 1590 g/mol. The van der Waals surface area contributed by atoms with Crippen LogP contribution in [0, 0.1) is 47.4 Å². The number of hydrogen-bond acceptors (Lipinski definition) is 4. The van der Waals surface area contributed by atoms with Crippen molar-refractivity contribution in [2.24, 2.45) is 0 Å². The summed E-state index contributed by atoms with van der Waals surface area (Å²) in [7, 11) is -12.0. The van der Waals surface area contributed by atoms with Crippen LogP contribution in [0.4, 0.5) is 34.5 Å². The molecule has 119 heavy (non-hydrogen) atoms. The molecule has 0 N–H and O–H groups in total. The second-order valence-corrected chi connectivity index (χ2v) is 26.3. The van der Waals surface area contributed by atoms with Crippen LogP contribution in [0.25, 0.3) is 0 Å². The zero-order valence-electron chi connectivity index (χ0n) is 64.2. The van der Waals surface area contributed by atoms with Crippen LogP contribution in [0.2, 0.25) is 0 Å². The van der Waals surface area contributed by atoms with Gasteiger partial charge in [0, 0.05) is 71.8 Å². The third-order valence-corrected chi connectivity index (χ3v) is 18.7. The summed E-state index contributed by atoms with van der Waals surface area (Å²) in [4.78, 5) is 16.8. The number of nitrogens with zero attached hydrogens (tertiary/aromatic N) is 4.